The number of carbonyl (C=O) groups is 1. The summed E-state index contributed by atoms with van der Waals surface area (Å²) in [6, 6.07) is 1.93. The molecule has 0 aliphatic heterocycles. The average Bonchev–Trinajstić information content (AvgIpc) is 2.24. The molecule has 1 N–H and O–H groups in total. The topological polar surface area (TPSA) is 54.9 Å². The van der Waals surface area contributed by atoms with Gasteiger partial charge in [0.05, 0.1) is 5.75 Å². The van der Waals surface area contributed by atoms with E-state index in [0.717, 1.165) is 24.2 Å². The van der Waals surface area contributed by atoms with Gasteiger partial charge in [-0.1, -0.05) is 25.1 Å². The SMILES string of the molecule is CCCC(C)(C)NC(=O)CSc1nc(C)cc(C)n1. The predicted octanol–water partition coefficient (Wildman–Crippen LogP) is 2.88. The highest BCUT2D eigenvalue weighted by molar-refractivity contribution is 7.99. The average molecular weight is 281 g/mol. The molecule has 0 unspecified atom stereocenters. The molecule has 0 spiro atoms. The molecule has 0 saturated heterocycles. The van der Waals surface area contributed by atoms with Crippen molar-refractivity contribution in [3.05, 3.63) is 17.5 Å². The Hall–Kier alpha value is -1.10. The third-order valence-corrected chi connectivity index (χ3v) is 3.49. The first-order valence-corrected chi connectivity index (χ1v) is 7.57. The van der Waals surface area contributed by atoms with Crippen molar-refractivity contribution < 1.29 is 4.79 Å². The van der Waals surface area contributed by atoms with E-state index < -0.39 is 0 Å². The molecule has 1 aromatic heterocycles. The Morgan fingerprint density at radius 2 is 1.89 bits per heavy atom. The number of thioether (sulfide) groups is 1. The van der Waals surface area contributed by atoms with Crippen LogP contribution in [0.2, 0.25) is 0 Å². The van der Waals surface area contributed by atoms with Crippen LogP contribution in [0.25, 0.3) is 0 Å². The number of hydrogen-bond acceptors (Lipinski definition) is 4. The molecule has 0 bridgehead atoms. The number of carbonyl (C=O) groups excluding carboxylic acids is 1. The summed E-state index contributed by atoms with van der Waals surface area (Å²) in [5.41, 5.74) is 1.72. The van der Waals surface area contributed by atoms with Gasteiger partial charge in [-0.2, -0.15) is 0 Å². The van der Waals surface area contributed by atoms with Crippen LogP contribution in [0.3, 0.4) is 0 Å². The van der Waals surface area contributed by atoms with Crippen LogP contribution in [-0.2, 0) is 4.79 Å². The molecular formula is C14H23N3OS. The van der Waals surface area contributed by atoms with Gasteiger partial charge in [0.2, 0.25) is 5.91 Å². The quantitative estimate of drug-likeness (QED) is 0.643. The fourth-order valence-electron chi connectivity index (χ4n) is 1.99. The fraction of sp³-hybridized carbons (Fsp3) is 0.643. The summed E-state index contributed by atoms with van der Waals surface area (Å²) in [5, 5.41) is 3.71. The van der Waals surface area contributed by atoms with Crippen LogP contribution in [0, 0.1) is 13.8 Å². The molecule has 0 fully saturated rings. The van der Waals surface area contributed by atoms with Crippen LogP contribution in [0.15, 0.2) is 11.2 Å². The second-order valence-corrected chi connectivity index (χ2v) is 6.35. The number of amides is 1. The van der Waals surface area contributed by atoms with Gasteiger partial charge in [-0.3, -0.25) is 4.79 Å². The Labute approximate surface area is 119 Å². The van der Waals surface area contributed by atoms with Gasteiger partial charge in [0.15, 0.2) is 5.16 Å². The minimum absolute atomic E-state index is 0.0335. The molecule has 106 valence electrons. The van der Waals surface area contributed by atoms with Crippen molar-refractivity contribution in [1.82, 2.24) is 15.3 Å². The number of nitrogens with zero attached hydrogens (tertiary/aromatic N) is 2. The zero-order valence-electron chi connectivity index (χ0n) is 12.4. The second kappa shape index (κ2) is 6.89. The molecule has 0 aliphatic rings. The van der Waals surface area contributed by atoms with Crippen molar-refractivity contribution >= 4 is 17.7 Å². The molecule has 19 heavy (non-hydrogen) atoms. The number of nitrogens with one attached hydrogen (secondary N) is 1. The van der Waals surface area contributed by atoms with Gasteiger partial charge in [-0.15, -0.1) is 0 Å². The van der Waals surface area contributed by atoms with E-state index in [-0.39, 0.29) is 11.4 Å². The molecule has 1 heterocycles. The highest BCUT2D eigenvalue weighted by Gasteiger charge is 2.19. The lowest BCUT2D eigenvalue weighted by Crippen LogP contribution is -2.44. The van der Waals surface area contributed by atoms with E-state index in [1.165, 1.54) is 11.8 Å². The van der Waals surface area contributed by atoms with Gasteiger partial charge in [0.1, 0.15) is 0 Å². The van der Waals surface area contributed by atoms with Crippen LogP contribution in [-0.4, -0.2) is 27.2 Å². The Morgan fingerprint density at radius 3 is 2.42 bits per heavy atom. The summed E-state index contributed by atoms with van der Waals surface area (Å²) >= 11 is 1.38. The van der Waals surface area contributed by atoms with E-state index in [1.807, 2.05) is 33.8 Å². The lowest BCUT2D eigenvalue weighted by molar-refractivity contribution is -0.120. The van der Waals surface area contributed by atoms with E-state index in [1.54, 1.807) is 0 Å². The first-order valence-electron chi connectivity index (χ1n) is 6.58. The van der Waals surface area contributed by atoms with Crippen molar-refractivity contribution in [1.29, 1.82) is 0 Å². The maximum absolute atomic E-state index is 11.9. The van der Waals surface area contributed by atoms with E-state index in [9.17, 15) is 4.79 Å². The van der Waals surface area contributed by atoms with Crippen LogP contribution >= 0.6 is 11.8 Å². The largest absolute Gasteiger partial charge is 0.350 e. The lowest BCUT2D eigenvalue weighted by atomic mass is 9.99. The first kappa shape index (κ1) is 16.0. The van der Waals surface area contributed by atoms with E-state index in [2.05, 4.69) is 22.2 Å². The first-order chi connectivity index (χ1) is 8.82. The van der Waals surface area contributed by atoms with Crippen LogP contribution < -0.4 is 5.32 Å². The van der Waals surface area contributed by atoms with Gasteiger partial charge in [-0.25, -0.2) is 9.97 Å². The summed E-state index contributed by atoms with van der Waals surface area (Å²) in [6.07, 6.45) is 2.03. The summed E-state index contributed by atoms with van der Waals surface area (Å²) in [7, 11) is 0. The fourth-order valence-corrected chi connectivity index (χ4v) is 2.74. The third-order valence-electron chi connectivity index (χ3n) is 2.65. The molecule has 0 saturated carbocycles. The zero-order chi connectivity index (χ0) is 14.5. The van der Waals surface area contributed by atoms with E-state index in [0.29, 0.717) is 10.9 Å². The molecule has 0 radical (unpaired) electrons. The Bertz CT molecular complexity index is 426. The monoisotopic (exact) mass is 281 g/mol. The normalized spacial score (nSPS) is 11.4. The lowest BCUT2D eigenvalue weighted by Gasteiger charge is -2.25. The molecule has 4 nitrogen and oxygen atoms in total. The zero-order valence-corrected chi connectivity index (χ0v) is 13.2. The molecule has 5 heteroatoms. The molecule has 1 aromatic rings. The second-order valence-electron chi connectivity index (χ2n) is 5.40. The number of rotatable bonds is 6. The molecule has 0 aliphatic carbocycles. The standard InChI is InChI=1S/C14H23N3OS/c1-6-7-14(4,5)17-12(18)9-19-13-15-10(2)8-11(3)16-13/h8H,6-7,9H2,1-5H3,(H,17,18). The number of aromatic nitrogens is 2. The van der Waals surface area contributed by atoms with Crippen molar-refractivity contribution in [2.24, 2.45) is 0 Å². The minimum atomic E-state index is -0.143. The van der Waals surface area contributed by atoms with Crippen molar-refractivity contribution in [3.63, 3.8) is 0 Å². The van der Waals surface area contributed by atoms with Gasteiger partial charge >= 0.3 is 0 Å². The Morgan fingerprint density at radius 1 is 1.32 bits per heavy atom. The predicted molar refractivity (Wildman–Crippen MR) is 79.4 cm³/mol. The summed E-state index contributed by atoms with van der Waals surface area (Å²) in [4.78, 5) is 20.5. The maximum atomic E-state index is 11.9. The smallest absolute Gasteiger partial charge is 0.230 e. The summed E-state index contributed by atoms with van der Waals surface area (Å²) in [5.74, 6) is 0.391. The highest BCUT2D eigenvalue weighted by Crippen LogP contribution is 2.15. The van der Waals surface area contributed by atoms with Crippen molar-refractivity contribution in [2.45, 2.75) is 58.2 Å². The van der Waals surface area contributed by atoms with Crippen molar-refractivity contribution in [2.75, 3.05) is 5.75 Å². The summed E-state index contributed by atoms with van der Waals surface area (Å²) < 4.78 is 0. The van der Waals surface area contributed by atoms with Gasteiger partial charge in [0, 0.05) is 16.9 Å². The van der Waals surface area contributed by atoms with E-state index in [4.69, 9.17) is 0 Å². The van der Waals surface area contributed by atoms with Gasteiger partial charge < -0.3 is 5.32 Å². The molecular weight excluding hydrogens is 258 g/mol. The van der Waals surface area contributed by atoms with Crippen molar-refractivity contribution in [3.8, 4) is 0 Å². The van der Waals surface area contributed by atoms with Gasteiger partial charge in [0.25, 0.3) is 0 Å². The summed E-state index contributed by atoms with van der Waals surface area (Å²) in [6.45, 7) is 10.1. The number of hydrogen-bond donors (Lipinski definition) is 1. The molecule has 1 rings (SSSR count). The van der Waals surface area contributed by atoms with Crippen LogP contribution in [0.4, 0.5) is 0 Å². The Kier molecular flexibility index (Phi) is 5.79. The van der Waals surface area contributed by atoms with Gasteiger partial charge in [-0.05, 0) is 40.2 Å². The van der Waals surface area contributed by atoms with Crippen LogP contribution in [0.1, 0.15) is 45.0 Å². The highest BCUT2D eigenvalue weighted by atomic mass is 32.2. The third kappa shape index (κ3) is 6.05. The van der Waals surface area contributed by atoms with Crippen LogP contribution in [0.5, 0.6) is 0 Å². The molecule has 0 atom stereocenters. The minimum Gasteiger partial charge on any atom is -0.350 e. The molecule has 1 amide bonds. The van der Waals surface area contributed by atoms with E-state index >= 15 is 0 Å². The maximum Gasteiger partial charge on any atom is 0.230 e. The number of aryl methyl sites for hydroxylation is 2. The Balaban J connectivity index is 2.50. The molecule has 0 aromatic carbocycles.